The van der Waals surface area contributed by atoms with Gasteiger partial charge in [0.2, 0.25) is 0 Å². The van der Waals surface area contributed by atoms with Crippen LogP contribution in [-0.4, -0.2) is 44.2 Å². The number of rotatable bonds is 5. The third kappa shape index (κ3) is 4.09. The Morgan fingerprint density at radius 1 is 1.28 bits per heavy atom. The van der Waals surface area contributed by atoms with E-state index in [2.05, 4.69) is 53.8 Å². The van der Waals surface area contributed by atoms with Crippen molar-refractivity contribution in [2.45, 2.75) is 25.9 Å². The third-order valence-electron chi connectivity index (χ3n) is 3.61. The molecule has 0 bridgehead atoms. The highest BCUT2D eigenvalue weighted by Crippen LogP contribution is 2.04. The molecule has 1 aliphatic rings. The Bertz CT molecular complexity index is 347. The fourth-order valence-electron chi connectivity index (χ4n) is 2.41. The Hall–Kier alpha value is -0.900. The van der Waals surface area contributed by atoms with Crippen molar-refractivity contribution in [2.24, 2.45) is 0 Å². The van der Waals surface area contributed by atoms with Crippen LogP contribution in [0.25, 0.3) is 0 Å². The Kier molecular flexibility index (Phi) is 5.17. The van der Waals surface area contributed by atoms with Crippen LogP contribution in [0.4, 0.5) is 0 Å². The molecule has 1 aromatic rings. The molecule has 0 spiro atoms. The number of nitrogens with zero attached hydrogens (tertiary/aromatic N) is 1. The highest BCUT2D eigenvalue weighted by atomic mass is 15.2. The maximum absolute atomic E-state index is 3.55. The second-order valence-corrected chi connectivity index (χ2v) is 5.21. The Labute approximate surface area is 111 Å². The van der Waals surface area contributed by atoms with Gasteiger partial charge in [0.25, 0.3) is 0 Å². The van der Waals surface area contributed by atoms with Crippen molar-refractivity contribution >= 4 is 0 Å². The first-order chi connectivity index (χ1) is 8.78. The summed E-state index contributed by atoms with van der Waals surface area (Å²) in [6.45, 7) is 7.61. The summed E-state index contributed by atoms with van der Waals surface area (Å²) in [5.41, 5.74) is 2.78. The highest BCUT2D eigenvalue weighted by Gasteiger charge is 2.15. The van der Waals surface area contributed by atoms with E-state index in [0.29, 0.717) is 6.04 Å². The lowest BCUT2D eigenvalue weighted by atomic mass is 10.1. The predicted octanol–water partition coefficient (Wildman–Crippen LogP) is 1.24. The molecule has 0 aromatic heterocycles. The largest absolute Gasteiger partial charge is 0.311 e. The summed E-state index contributed by atoms with van der Waals surface area (Å²) in [6.07, 6.45) is 1.12. The second-order valence-electron chi connectivity index (χ2n) is 5.21. The van der Waals surface area contributed by atoms with E-state index in [9.17, 15) is 0 Å². The van der Waals surface area contributed by atoms with Gasteiger partial charge in [-0.25, -0.2) is 0 Å². The van der Waals surface area contributed by atoms with Crippen molar-refractivity contribution in [1.29, 1.82) is 0 Å². The molecule has 1 atom stereocenters. The minimum absolute atomic E-state index is 0.582. The van der Waals surface area contributed by atoms with E-state index in [1.54, 1.807) is 0 Å². The molecule has 3 heteroatoms. The lowest BCUT2D eigenvalue weighted by molar-refractivity contribution is 0.235. The van der Waals surface area contributed by atoms with Crippen molar-refractivity contribution in [3.05, 3.63) is 35.4 Å². The van der Waals surface area contributed by atoms with Crippen LogP contribution in [0.15, 0.2) is 24.3 Å². The van der Waals surface area contributed by atoms with Gasteiger partial charge in [0.1, 0.15) is 0 Å². The van der Waals surface area contributed by atoms with Crippen LogP contribution in [0.2, 0.25) is 0 Å². The molecule has 18 heavy (non-hydrogen) atoms. The zero-order chi connectivity index (χ0) is 12.8. The summed E-state index contributed by atoms with van der Waals surface area (Å²) in [6, 6.07) is 9.49. The lowest BCUT2D eigenvalue weighted by Crippen LogP contribution is -2.52. The molecule has 1 aromatic carbocycles. The normalized spacial score (nSPS) is 21.1. The Morgan fingerprint density at radius 2 is 2.00 bits per heavy atom. The van der Waals surface area contributed by atoms with E-state index in [1.807, 2.05) is 0 Å². The van der Waals surface area contributed by atoms with Gasteiger partial charge in [-0.1, -0.05) is 31.2 Å². The molecule has 1 saturated heterocycles. The molecule has 1 heterocycles. The van der Waals surface area contributed by atoms with Crippen LogP contribution in [0.5, 0.6) is 0 Å². The summed E-state index contributed by atoms with van der Waals surface area (Å²) in [5.74, 6) is 0. The van der Waals surface area contributed by atoms with Gasteiger partial charge in [0.15, 0.2) is 0 Å². The van der Waals surface area contributed by atoms with Crippen molar-refractivity contribution in [3.8, 4) is 0 Å². The van der Waals surface area contributed by atoms with Crippen LogP contribution in [0.1, 0.15) is 18.1 Å². The summed E-state index contributed by atoms with van der Waals surface area (Å²) < 4.78 is 0. The first-order valence-electron chi connectivity index (χ1n) is 6.98. The van der Waals surface area contributed by atoms with Gasteiger partial charge in [-0.15, -0.1) is 0 Å². The number of likely N-dealkylation sites (N-methyl/N-ethyl adjacent to an activating group) is 1. The standard InChI is InChI=1S/C15H25N3/c1-3-13-4-6-14(7-5-13)10-16-11-15-12-18(2)9-8-17-15/h4-7,15-17H,3,8-12H2,1-2H3. The number of nitrogens with one attached hydrogen (secondary N) is 2. The van der Waals surface area contributed by atoms with Crippen LogP contribution in [-0.2, 0) is 13.0 Å². The van der Waals surface area contributed by atoms with Gasteiger partial charge in [-0.05, 0) is 24.6 Å². The molecule has 0 radical (unpaired) electrons. The van der Waals surface area contributed by atoms with Crippen molar-refractivity contribution in [1.82, 2.24) is 15.5 Å². The molecule has 2 rings (SSSR count). The smallest absolute Gasteiger partial charge is 0.0320 e. The number of aryl methyl sites for hydroxylation is 1. The van der Waals surface area contributed by atoms with E-state index in [-0.39, 0.29) is 0 Å². The number of benzene rings is 1. The molecule has 0 aliphatic carbocycles. The van der Waals surface area contributed by atoms with Gasteiger partial charge in [0.05, 0.1) is 0 Å². The zero-order valence-corrected chi connectivity index (χ0v) is 11.6. The molecule has 1 fully saturated rings. The molecular weight excluding hydrogens is 222 g/mol. The molecule has 0 saturated carbocycles. The molecule has 100 valence electrons. The maximum atomic E-state index is 3.55. The van der Waals surface area contributed by atoms with E-state index in [1.165, 1.54) is 11.1 Å². The SMILES string of the molecule is CCc1ccc(CNCC2CN(C)CCN2)cc1. The minimum atomic E-state index is 0.582. The van der Waals surface area contributed by atoms with Crippen molar-refractivity contribution in [2.75, 3.05) is 33.2 Å². The fraction of sp³-hybridized carbons (Fsp3) is 0.600. The van der Waals surface area contributed by atoms with Gasteiger partial charge in [-0.3, -0.25) is 0 Å². The van der Waals surface area contributed by atoms with Crippen molar-refractivity contribution < 1.29 is 0 Å². The monoisotopic (exact) mass is 247 g/mol. The lowest BCUT2D eigenvalue weighted by Gasteiger charge is -2.31. The zero-order valence-electron chi connectivity index (χ0n) is 11.6. The summed E-state index contributed by atoms with van der Waals surface area (Å²) >= 11 is 0. The highest BCUT2D eigenvalue weighted by molar-refractivity contribution is 5.22. The van der Waals surface area contributed by atoms with Crippen LogP contribution in [0.3, 0.4) is 0 Å². The van der Waals surface area contributed by atoms with Gasteiger partial charge < -0.3 is 15.5 Å². The topological polar surface area (TPSA) is 27.3 Å². The Morgan fingerprint density at radius 3 is 2.67 bits per heavy atom. The molecular formula is C15H25N3. The average Bonchev–Trinajstić information content (AvgIpc) is 2.40. The second kappa shape index (κ2) is 6.88. The van der Waals surface area contributed by atoms with E-state index >= 15 is 0 Å². The van der Waals surface area contributed by atoms with Crippen LogP contribution >= 0.6 is 0 Å². The molecule has 1 unspecified atom stereocenters. The first-order valence-corrected chi connectivity index (χ1v) is 6.98. The van der Waals surface area contributed by atoms with Gasteiger partial charge in [0, 0.05) is 38.8 Å². The number of hydrogen-bond donors (Lipinski definition) is 2. The first kappa shape index (κ1) is 13.5. The summed E-state index contributed by atoms with van der Waals surface area (Å²) in [7, 11) is 2.19. The number of hydrogen-bond acceptors (Lipinski definition) is 3. The van der Waals surface area contributed by atoms with E-state index < -0.39 is 0 Å². The summed E-state index contributed by atoms with van der Waals surface area (Å²) in [5, 5.41) is 7.09. The van der Waals surface area contributed by atoms with Crippen LogP contribution in [0, 0.1) is 0 Å². The molecule has 0 amide bonds. The minimum Gasteiger partial charge on any atom is -0.311 e. The Balaban J connectivity index is 1.70. The molecule has 2 N–H and O–H groups in total. The average molecular weight is 247 g/mol. The van der Waals surface area contributed by atoms with Crippen molar-refractivity contribution in [3.63, 3.8) is 0 Å². The van der Waals surface area contributed by atoms with E-state index in [4.69, 9.17) is 0 Å². The molecule has 3 nitrogen and oxygen atoms in total. The summed E-state index contributed by atoms with van der Waals surface area (Å²) in [4.78, 5) is 2.39. The molecule has 1 aliphatic heterocycles. The number of piperazine rings is 1. The van der Waals surface area contributed by atoms with Crippen LogP contribution < -0.4 is 10.6 Å². The predicted molar refractivity (Wildman–Crippen MR) is 76.8 cm³/mol. The quantitative estimate of drug-likeness (QED) is 0.820. The maximum Gasteiger partial charge on any atom is 0.0320 e. The van der Waals surface area contributed by atoms with E-state index in [0.717, 1.165) is 39.1 Å². The third-order valence-corrected chi connectivity index (χ3v) is 3.61. The van der Waals surface area contributed by atoms with Gasteiger partial charge >= 0.3 is 0 Å². The fourth-order valence-corrected chi connectivity index (χ4v) is 2.41. The van der Waals surface area contributed by atoms with Gasteiger partial charge in [-0.2, -0.15) is 0 Å².